The lowest BCUT2D eigenvalue weighted by Crippen LogP contribution is -2.24. The minimum absolute atomic E-state index is 0.0655. The molecular formula is C19H21NO3S2. The van der Waals surface area contributed by atoms with Crippen LogP contribution in [0.15, 0.2) is 30.3 Å². The van der Waals surface area contributed by atoms with Crippen LogP contribution in [0.5, 0.6) is 0 Å². The normalized spacial score (nSPS) is 15.3. The topological polar surface area (TPSA) is 55.4 Å². The van der Waals surface area contributed by atoms with Gasteiger partial charge in [0.2, 0.25) is 0 Å². The molecule has 3 rings (SSSR count). The predicted octanol–water partition coefficient (Wildman–Crippen LogP) is 4.75. The summed E-state index contributed by atoms with van der Waals surface area (Å²) in [5.41, 5.74) is 2.12. The second-order valence-electron chi connectivity index (χ2n) is 6.47. The number of carbonyl (C=O) groups is 2. The molecule has 1 aromatic carbocycles. The summed E-state index contributed by atoms with van der Waals surface area (Å²) in [6, 6.07) is 9.02. The first-order valence-electron chi connectivity index (χ1n) is 8.23. The molecule has 2 heterocycles. The zero-order valence-electron chi connectivity index (χ0n) is 14.5. The number of nitrogens with one attached hydrogen (secondary N) is 1. The lowest BCUT2D eigenvalue weighted by Gasteiger charge is -2.29. The molecule has 0 saturated carbocycles. The molecule has 1 aromatic heterocycles. The smallest absolute Gasteiger partial charge is 0.341 e. The van der Waals surface area contributed by atoms with Gasteiger partial charge in [0.25, 0.3) is 5.91 Å². The lowest BCUT2D eigenvalue weighted by atomic mass is 9.98. The second-order valence-corrected chi connectivity index (χ2v) is 9.26. The zero-order chi connectivity index (χ0) is 18.0. The highest BCUT2D eigenvalue weighted by Crippen LogP contribution is 2.46. The number of hydrogen-bond acceptors (Lipinski definition) is 5. The summed E-state index contributed by atoms with van der Waals surface area (Å²) in [5.74, 6) is 0.281. The fourth-order valence-electron chi connectivity index (χ4n) is 2.83. The number of thiophene rings is 1. The quantitative estimate of drug-likeness (QED) is 0.784. The Bertz CT molecular complexity index is 797. The molecule has 0 radical (unpaired) electrons. The molecule has 1 aliphatic heterocycles. The van der Waals surface area contributed by atoms with Gasteiger partial charge in [0.15, 0.2) is 0 Å². The Labute approximate surface area is 156 Å². The Hall–Kier alpha value is -1.79. The summed E-state index contributed by atoms with van der Waals surface area (Å²) in [6.45, 7) is 6.46. The molecule has 1 N–H and O–H groups in total. The summed E-state index contributed by atoms with van der Waals surface area (Å²) in [4.78, 5) is 26.2. The van der Waals surface area contributed by atoms with Gasteiger partial charge >= 0.3 is 5.97 Å². The Balaban J connectivity index is 1.97. The molecule has 2 aromatic rings. The third-order valence-electron chi connectivity index (χ3n) is 4.03. The molecule has 25 heavy (non-hydrogen) atoms. The zero-order valence-corrected chi connectivity index (χ0v) is 16.2. The van der Waals surface area contributed by atoms with E-state index in [9.17, 15) is 9.59 Å². The van der Waals surface area contributed by atoms with Crippen molar-refractivity contribution in [3.8, 4) is 0 Å². The van der Waals surface area contributed by atoms with Crippen LogP contribution in [0.3, 0.4) is 0 Å². The first-order chi connectivity index (χ1) is 11.9. The number of esters is 1. The number of anilines is 1. The molecule has 6 heteroatoms. The molecule has 0 unspecified atom stereocenters. The Morgan fingerprint density at radius 3 is 2.64 bits per heavy atom. The Morgan fingerprint density at radius 1 is 1.24 bits per heavy atom. The summed E-state index contributed by atoms with van der Waals surface area (Å²) in [5, 5.41) is 3.51. The number of fused-ring (bicyclic) bond motifs is 1. The van der Waals surface area contributed by atoms with Gasteiger partial charge in [-0.05, 0) is 31.0 Å². The summed E-state index contributed by atoms with van der Waals surface area (Å²) < 4.78 is 5.32. The van der Waals surface area contributed by atoms with Crippen LogP contribution in [0.25, 0.3) is 0 Å². The minimum atomic E-state index is -0.355. The third-order valence-corrected chi connectivity index (χ3v) is 6.72. The van der Waals surface area contributed by atoms with Gasteiger partial charge < -0.3 is 10.1 Å². The average Bonchev–Trinajstić information content (AvgIpc) is 2.91. The van der Waals surface area contributed by atoms with Crippen LogP contribution in [-0.2, 0) is 16.9 Å². The fourth-order valence-corrected chi connectivity index (χ4v) is 5.18. The monoisotopic (exact) mass is 375 g/mol. The Morgan fingerprint density at radius 2 is 1.96 bits per heavy atom. The molecule has 132 valence electrons. The van der Waals surface area contributed by atoms with Crippen molar-refractivity contribution in [1.82, 2.24) is 0 Å². The van der Waals surface area contributed by atoms with E-state index in [1.54, 1.807) is 19.1 Å². The fraction of sp³-hybridized carbons (Fsp3) is 0.368. The van der Waals surface area contributed by atoms with Crippen molar-refractivity contribution in [3.63, 3.8) is 0 Å². The third kappa shape index (κ3) is 3.90. The van der Waals surface area contributed by atoms with E-state index in [1.165, 1.54) is 11.3 Å². The van der Waals surface area contributed by atoms with Crippen LogP contribution in [0.2, 0.25) is 0 Å². The van der Waals surface area contributed by atoms with E-state index in [1.807, 2.05) is 30.0 Å². The van der Waals surface area contributed by atoms with E-state index >= 15 is 0 Å². The number of ether oxygens (including phenoxy) is 1. The van der Waals surface area contributed by atoms with Gasteiger partial charge in [0, 0.05) is 20.9 Å². The van der Waals surface area contributed by atoms with Crippen molar-refractivity contribution in [2.45, 2.75) is 37.7 Å². The van der Waals surface area contributed by atoms with Crippen LogP contribution >= 0.6 is 23.1 Å². The van der Waals surface area contributed by atoms with E-state index < -0.39 is 0 Å². The SMILES string of the molecule is CCOC(=O)c1c(NC(=O)c2ccccc2)sc2c1CC(C)(C)SC2. The summed E-state index contributed by atoms with van der Waals surface area (Å²) >= 11 is 3.36. The lowest BCUT2D eigenvalue weighted by molar-refractivity contribution is 0.0526. The van der Waals surface area contributed by atoms with E-state index in [0.717, 1.165) is 22.6 Å². The largest absolute Gasteiger partial charge is 0.462 e. The summed E-state index contributed by atoms with van der Waals surface area (Å²) in [6.07, 6.45) is 0.791. The highest BCUT2D eigenvalue weighted by atomic mass is 32.2. The highest BCUT2D eigenvalue weighted by Gasteiger charge is 2.34. The van der Waals surface area contributed by atoms with Crippen LogP contribution in [-0.4, -0.2) is 23.2 Å². The highest BCUT2D eigenvalue weighted by molar-refractivity contribution is 8.00. The van der Waals surface area contributed by atoms with E-state index in [-0.39, 0.29) is 16.6 Å². The van der Waals surface area contributed by atoms with Crippen LogP contribution in [0, 0.1) is 0 Å². The first-order valence-corrected chi connectivity index (χ1v) is 10.0. The van der Waals surface area contributed by atoms with E-state index in [4.69, 9.17) is 4.74 Å². The van der Waals surface area contributed by atoms with Gasteiger partial charge in [0.05, 0.1) is 12.2 Å². The minimum Gasteiger partial charge on any atom is -0.462 e. The molecule has 0 aliphatic carbocycles. The van der Waals surface area contributed by atoms with Crippen molar-refractivity contribution in [1.29, 1.82) is 0 Å². The molecule has 1 amide bonds. The van der Waals surface area contributed by atoms with Crippen molar-refractivity contribution in [2.24, 2.45) is 0 Å². The van der Waals surface area contributed by atoms with Gasteiger partial charge in [-0.25, -0.2) is 4.79 Å². The molecule has 0 fully saturated rings. The van der Waals surface area contributed by atoms with Crippen LogP contribution in [0.4, 0.5) is 5.00 Å². The van der Waals surface area contributed by atoms with Crippen molar-refractivity contribution in [3.05, 3.63) is 51.9 Å². The van der Waals surface area contributed by atoms with E-state index in [0.29, 0.717) is 22.7 Å². The number of amides is 1. The number of hydrogen-bond donors (Lipinski definition) is 1. The van der Waals surface area contributed by atoms with Gasteiger partial charge in [-0.3, -0.25) is 4.79 Å². The molecule has 0 spiro atoms. The first kappa shape index (κ1) is 18.0. The summed E-state index contributed by atoms with van der Waals surface area (Å²) in [7, 11) is 0. The maximum atomic E-state index is 12.6. The van der Waals surface area contributed by atoms with Gasteiger partial charge in [0.1, 0.15) is 5.00 Å². The second kappa shape index (κ2) is 7.22. The molecular weight excluding hydrogens is 354 g/mol. The molecule has 0 atom stereocenters. The molecule has 1 aliphatic rings. The maximum Gasteiger partial charge on any atom is 0.341 e. The number of carbonyl (C=O) groups excluding carboxylic acids is 2. The average molecular weight is 376 g/mol. The van der Waals surface area contributed by atoms with Crippen molar-refractivity contribution in [2.75, 3.05) is 11.9 Å². The van der Waals surface area contributed by atoms with Gasteiger partial charge in [-0.2, -0.15) is 0 Å². The van der Waals surface area contributed by atoms with Crippen LogP contribution in [0.1, 0.15) is 51.9 Å². The number of rotatable bonds is 4. The van der Waals surface area contributed by atoms with E-state index in [2.05, 4.69) is 19.2 Å². The Kier molecular flexibility index (Phi) is 5.20. The van der Waals surface area contributed by atoms with Crippen LogP contribution < -0.4 is 5.32 Å². The van der Waals surface area contributed by atoms with Crippen molar-refractivity contribution < 1.29 is 14.3 Å². The molecule has 4 nitrogen and oxygen atoms in total. The molecule has 0 bridgehead atoms. The van der Waals surface area contributed by atoms with Crippen molar-refractivity contribution >= 4 is 40.0 Å². The number of benzene rings is 1. The van der Waals surface area contributed by atoms with Gasteiger partial charge in [-0.1, -0.05) is 32.0 Å². The standard InChI is InChI=1S/C19H21NO3S2/c1-4-23-18(22)15-13-10-19(2,3)24-11-14(13)25-17(15)20-16(21)12-8-6-5-7-9-12/h5-9H,4,10-11H2,1-3H3,(H,20,21). The maximum absolute atomic E-state index is 12.6. The predicted molar refractivity (Wildman–Crippen MR) is 104 cm³/mol. The number of thioether (sulfide) groups is 1. The molecule has 0 saturated heterocycles. The van der Waals surface area contributed by atoms with Gasteiger partial charge in [-0.15, -0.1) is 23.1 Å².